The highest BCUT2D eigenvalue weighted by Crippen LogP contribution is 2.35. The first-order valence-corrected chi connectivity index (χ1v) is 15.6. The van der Waals surface area contributed by atoms with E-state index in [0.717, 1.165) is 33.8 Å². The standard InChI is InChI=1S/C36H34N4O3S/c1-6-43-35(42)31-32(26-11-8-7-9-12-26)38-36-40(33(31)27-16-14-25(15-17-27)22(2)3)34(41)30(44-36)20-28-19-23(4)39(24(28)5)29-13-10-18-37-21-29/h7-22,33H,6H2,1-5H3/b30-20+/t33-/m0/s1. The van der Waals surface area contributed by atoms with Crippen molar-refractivity contribution in [3.05, 3.63) is 144 Å². The van der Waals surface area contributed by atoms with Gasteiger partial charge in [-0.3, -0.25) is 14.3 Å². The van der Waals surface area contributed by atoms with E-state index in [0.29, 0.717) is 26.5 Å². The number of benzene rings is 2. The predicted molar refractivity (Wildman–Crippen MR) is 175 cm³/mol. The Kier molecular flexibility index (Phi) is 8.01. The van der Waals surface area contributed by atoms with Crippen LogP contribution in [0.3, 0.4) is 0 Å². The summed E-state index contributed by atoms with van der Waals surface area (Å²) in [5.41, 5.74) is 7.38. The van der Waals surface area contributed by atoms with Crippen molar-refractivity contribution < 1.29 is 9.53 Å². The maximum Gasteiger partial charge on any atom is 0.338 e. The van der Waals surface area contributed by atoms with E-state index in [1.165, 1.54) is 16.9 Å². The van der Waals surface area contributed by atoms with Gasteiger partial charge in [0.05, 0.1) is 40.3 Å². The molecule has 0 N–H and O–H groups in total. The third-order valence-corrected chi connectivity index (χ3v) is 8.94. The van der Waals surface area contributed by atoms with Gasteiger partial charge in [-0.2, -0.15) is 0 Å². The highest BCUT2D eigenvalue weighted by Gasteiger charge is 2.35. The van der Waals surface area contributed by atoms with Crippen LogP contribution in [0.5, 0.6) is 0 Å². The molecule has 0 bridgehead atoms. The average molecular weight is 603 g/mol. The Morgan fingerprint density at radius 2 is 1.80 bits per heavy atom. The predicted octanol–water partition coefficient (Wildman–Crippen LogP) is 5.86. The Morgan fingerprint density at radius 1 is 1.05 bits per heavy atom. The summed E-state index contributed by atoms with van der Waals surface area (Å²) in [7, 11) is 0. The van der Waals surface area contributed by atoms with E-state index in [-0.39, 0.29) is 12.2 Å². The zero-order chi connectivity index (χ0) is 31.0. The Hall–Kier alpha value is -4.82. The van der Waals surface area contributed by atoms with Crippen molar-refractivity contribution in [1.29, 1.82) is 0 Å². The van der Waals surface area contributed by atoms with Crippen molar-refractivity contribution in [2.75, 3.05) is 6.61 Å². The van der Waals surface area contributed by atoms with Gasteiger partial charge in [0, 0.05) is 23.1 Å². The van der Waals surface area contributed by atoms with Gasteiger partial charge in [-0.25, -0.2) is 9.79 Å². The van der Waals surface area contributed by atoms with Gasteiger partial charge in [-0.1, -0.05) is 79.8 Å². The van der Waals surface area contributed by atoms with Crippen LogP contribution in [0.4, 0.5) is 0 Å². The monoisotopic (exact) mass is 602 g/mol. The maximum atomic E-state index is 14.3. The van der Waals surface area contributed by atoms with Crippen LogP contribution >= 0.6 is 11.3 Å². The molecule has 222 valence electrons. The number of nitrogens with zero attached hydrogens (tertiary/aromatic N) is 4. The molecule has 0 fully saturated rings. The molecule has 3 aromatic heterocycles. The number of carbonyl (C=O) groups is 1. The molecule has 44 heavy (non-hydrogen) atoms. The molecule has 0 amide bonds. The number of carbonyl (C=O) groups excluding carboxylic acids is 1. The molecule has 8 heteroatoms. The molecular weight excluding hydrogens is 568 g/mol. The fourth-order valence-corrected chi connectivity index (χ4v) is 6.77. The van der Waals surface area contributed by atoms with Crippen LogP contribution in [0.15, 0.2) is 101 Å². The van der Waals surface area contributed by atoms with Crippen molar-refractivity contribution in [2.45, 2.75) is 46.6 Å². The number of esters is 1. The van der Waals surface area contributed by atoms with E-state index in [1.54, 1.807) is 17.7 Å². The first-order chi connectivity index (χ1) is 21.3. The molecule has 5 aromatic rings. The fourth-order valence-electron chi connectivity index (χ4n) is 5.78. The summed E-state index contributed by atoms with van der Waals surface area (Å²) in [4.78, 5) is 37.8. The molecule has 0 unspecified atom stereocenters. The van der Waals surface area contributed by atoms with Crippen LogP contribution in [0.2, 0.25) is 0 Å². The fraction of sp³-hybridized carbons (Fsp3) is 0.222. The molecule has 1 aliphatic heterocycles. The number of rotatable bonds is 7. The maximum absolute atomic E-state index is 14.3. The highest BCUT2D eigenvalue weighted by atomic mass is 32.1. The summed E-state index contributed by atoms with van der Waals surface area (Å²) >= 11 is 1.33. The summed E-state index contributed by atoms with van der Waals surface area (Å²) in [6.07, 6.45) is 5.50. The van der Waals surface area contributed by atoms with Crippen LogP contribution in [0.1, 0.15) is 66.4 Å². The minimum atomic E-state index is -0.702. The Morgan fingerprint density at radius 3 is 2.45 bits per heavy atom. The van der Waals surface area contributed by atoms with Gasteiger partial charge in [0.25, 0.3) is 5.56 Å². The number of aryl methyl sites for hydroxylation is 1. The van der Waals surface area contributed by atoms with Gasteiger partial charge in [-0.05, 0) is 67.7 Å². The van der Waals surface area contributed by atoms with Crippen LogP contribution in [-0.2, 0) is 9.53 Å². The first kappa shape index (κ1) is 29.3. The van der Waals surface area contributed by atoms with E-state index in [4.69, 9.17) is 9.73 Å². The first-order valence-electron chi connectivity index (χ1n) is 14.8. The molecule has 0 saturated heterocycles. The summed E-state index contributed by atoms with van der Waals surface area (Å²) in [5, 5.41) is 0. The molecule has 1 atom stereocenters. The lowest BCUT2D eigenvalue weighted by atomic mass is 9.91. The van der Waals surface area contributed by atoms with Gasteiger partial charge in [0.1, 0.15) is 0 Å². The zero-order valence-corrected chi connectivity index (χ0v) is 26.3. The van der Waals surface area contributed by atoms with Crippen LogP contribution in [0, 0.1) is 13.8 Å². The molecule has 4 heterocycles. The smallest absolute Gasteiger partial charge is 0.338 e. The average Bonchev–Trinajstić information content (AvgIpc) is 3.50. The summed E-state index contributed by atoms with van der Waals surface area (Å²) in [5.74, 6) is -0.140. The Bertz CT molecular complexity index is 2050. The van der Waals surface area contributed by atoms with Gasteiger partial charge >= 0.3 is 5.97 Å². The molecular formula is C36H34N4O3S. The van der Waals surface area contributed by atoms with Crippen molar-refractivity contribution >= 4 is 29.1 Å². The van der Waals surface area contributed by atoms with E-state index in [2.05, 4.69) is 41.6 Å². The van der Waals surface area contributed by atoms with Gasteiger partial charge in [0.2, 0.25) is 0 Å². The lowest BCUT2D eigenvalue weighted by molar-refractivity contribution is -0.138. The van der Waals surface area contributed by atoms with Crippen LogP contribution in [0.25, 0.3) is 17.5 Å². The molecule has 0 radical (unpaired) electrons. The summed E-state index contributed by atoms with van der Waals surface area (Å²) in [6.45, 7) is 10.3. The normalized spacial score (nSPS) is 15.0. The van der Waals surface area contributed by atoms with E-state index in [1.807, 2.05) is 80.7 Å². The minimum Gasteiger partial charge on any atom is -0.463 e. The van der Waals surface area contributed by atoms with Crippen LogP contribution < -0.4 is 14.9 Å². The number of thiazole rings is 1. The second-order valence-corrected chi connectivity index (χ2v) is 12.1. The number of hydrogen-bond acceptors (Lipinski definition) is 6. The van der Waals surface area contributed by atoms with Gasteiger partial charge in [-0.15, -0.1) is 0 Å². The topological polar surface area (TPSA) is 78.5 Å². The molecule has 6 rings (SSSR count). The largest absolute Gasteiger partial charge is 0.463 e. The molecule has 2 aromatic carbocycles. The second-order valence-electron chi connectivity index (χ2n) is 11.1. The van der Waals surface area contributed by atoms with E-state index in [9.17, 15) is 9.59 Å². The number of fused-ring (bicyclic) bond motifs is 1. The van der Waals surface area contributed by atoms with E-state index < -0.39 is 12.0 Å². The quantitative estimate of drug-likeness (QED) is 0.219. The molecule has 0 aliphatic carbocycles. The van der Waals surface area contributed by atoms with Crippen LogP contribution in [-0.4, -0.2) is 26.7 Å². The summed E-state index contributed by atoms with van der Waals surface area (Å²) < 4.78 is 9.91. The van der Waals surface area contributed by atoms with E-state index >= 15 is 0 Å². The summed E-state index contributed by atoms with van der Waals surface area (Å²) in [6, 6.07) is 23.0. The number of hydrogen-bond donors (Lipinski definition) is 0. The minimum absolute atomic E-state index is 0.202. The van der Waals surface area contributed by atoms with Gasteiger partial charge < -0.3 is 9.30 Å². The third kappa shape index (κ3) is 5.26. The molecule has 1 aliphatic rings. The molecule has 7 nitrogen and oxygen atoms in total. The Balaban J connectivity index is 1.60. The van der Waals surface area contributed by atoms with Crippen molar-refractivity contribution in [2.24, 2.45) is 4.99 Å². The molecule has 0 spiro atoms. The lowest BCUT2D eigenvalue weighted by Gasteiger charge is -2.26. The number of pyridine rings is 1. The lowest BCUT2D eigenvalue weighted by Crippen LogP contribution is -2.40. The zero-order valence-electron chi connectivity index (χ0n) is 25.4. The van der Waals surface area contributed by atoms with Crippen molar-refractivity contribution in [1.82, 2.24) is 14.1 Å². The number of aromatic nitrogens is 3. The highest BCUT2D eigenvalue weighted by molar-refractivity contribution is 7.07. The van der Waals surface area contributed by atoms with Crippen molar-refractivity contribution in [3.8, 4) is 5.69 Å². The third-order valence-electron chi connectivity index (χ3n) is 7.95. The van der Waals surface area contributed by atoms with Crippen molar-refractivity contribution in [3.63, 3.8) is 0 Å². The Labute approximate surface area is 260 Å². The van der Waals surface area contributed by atoms with Gasteiger partial charge in [0.15, 0.2) is 4.80 Å². The number of ether oxygens (including phenoxy) is 1. The SMILES string of the molecule is CCOC(=O)C1=C(c2ccccc2)N=c2s/c(=C/c3cc(C)n(-c4cccnc4)c3C)c(=O)n2[C@H]1c1ccc(C(C)C)cc1. The second kappa shape index (κ2) is 12.1. The molecule has 0 saturated carbocycles.